The zero-order valence-electron chi connectivity index (χ0n) is 12.4. The van der Waals surface area contributed by atoms with Gasteiger partial charge in [0, 0.05) is 24.6 Å². The highest BCUT2D eigenvalue weighted by atomic mass is 16.5. The molecule has 2 bridgehead atoms. The first-order valence-corrected chi connectivity index (χ1v) is 8.60. The number of hydrogen-bond donors (Lipinski definition) is 1. The van der Waals surface area contributed by atoms with Crippen molar-refractivity contribution in [1.82, 2.24) is 5.32 Å². The molecule has 0 spiro atoms. The first-order chi connectivity index (χ1) is 9.25. The van der Waals surface area contributed by atoms with E-state index in [4.69, 9.17) is 4.74 Å². The number of nitrogens with one attached hydrogen (secondary N) is 1. The Morgan fingerprint density at radius 3 is 2.63 bits per heavy atom. The molecule has 5 unspecified atom stereocenters. The molecule has 108 valence electrons. The summed E-state index contributed by atoms with van der Waals surface area (Å²) < 4.78 is 5.97. The summed E-state index contributed by atoms with van der Waals surface area (Å²) in [6, 6.07) is 0.838. The van der Waals surface area contributed by atoms with Gasteiger partial charge in [-0.3, -0.25) is 0 Å². The second kappa shape index (κ2) is 4.73. The van der Waals surface area contributed by atoms with Crippen LogP contribution in [0.2, 0.25) is 0 Å². The lowest BCUT2D eigenvalue weighted by atomic mass is 9.70. The van der Waals surface area contributed by atoms with E-state index < -0.39 is 0 Å². The summed E-state index contributed by atoms with van der Waals surface area (Å²) in [5.74, 6) is 3.17. The molecular weight excluding hydrogens is 234 g/mol. The smallest absolute Gasteiger partial charge is 0.0616 e. The van der Waals surface area contributed by atoms with E-state index in [1.54, 1.807) is 6.42 Å². The maximum absolute atomic E-state index is 5.97. The predicted octanol–water partition coefficient (Wildman–Crippen LogP) is 3.36. The third-order valence-corrected chi connectivity index (χ3v) is 6.70. The van der Waals surface area contributed by atoms with Crippen molar-refractivity contribution in [2.24, 2.45) is 23.2 Å². The van der Waals surface area contributed by atoms with Gasteiger partial charge < -0.3 is 10.1 Å². The van der Waals surface area contributed by atoms with Gasteiger partial charge >= 0.3 is 0 Å². The molecule has 3 saturated carbocycles. The van der Waals surface area contributed by atoms with Crippen molar-refractivity contribution in [3.05, 3.63) is 0 Å². The fourth-order valence-corrected chi connectivity index (χ4v) is 5.18. The van der Waals surface area contributed by atoms with Crippen LogP contribution in [-0.4, -0.2) is 25.3 Å². The summed E-state index contributed by atoms with van der Waals surface area (Å²) in [5, 5.41) is 3.81. The molecule has 0 amide bonds. The Balaban J connectivity index is 1.43. The van der Waals surface area contributed by atoms with Gasteiger partial charge in [-0.2, -0.15) is 0 Å². The van der Waals surface area contributed by atoms with Gasteiger partial charge in [0.2, 0.25) is 0 Å². The second-order valence-electron chi connectivity index (χ2n) is 7.92. The summed E-state index contributed by atoms with van der Waals surface area (Å²) in [4.78, 5) is 0. The van der Waals surface area contributed by atoms with E-state index in [0.29, 0.717) is 11.5 Å². The number of hydrogen-bond acceptors (Lipinski definition) is 2. The Hall–Kier alpha value is -0.0800. The molecule has 1 heterocycles. The van der Waals surface area contributed by atoms with Crippen molar-refractivity contribution in [2.75, 3.05) is 13.2 Å². The van der Waals surface area contributed by atoms with Crippen LogP contribution in [0.5, 0.6) is 0 Å². The van der Waals surface area contributed by atoms with Gasteiger partial charge in [-0.25, -0.2) is 0 Å². The molecule has 4 aliphatic rings. The first-order valence-electron chi connectivity index (χ1n) is 8.60. The van der Waals surface area contributed by atoms with Crippen LogP contribution in [0.4, 0.5) is 0 Å². The minimum absolute atomic E-state index is 0.456. The summed E-state index contributed by atoms with van der Waals surface area (Å²) in [5.41, 5.74) is 0.456. The molecule has 1 aliphatic heterocycles. The van der Waals surface area contributed by atoms with Crippen molar-refractivity contribution >= 4 is 0 Å². The highest BCUT2D eigenvalue weighted by Crippen LogP contribution is 2.54. The summed E-state index contributed by atoms with van der Waals surface area (Å²) in [7, 11) is 0. The highest BCUT2D eigenvalue weighted by molar-refractivity contribution is 4.99. The van der Waals surface area contributed by atoms with Crippen LogP contribution in [0.15, 0.2) is 0 Å². The average Bonchev–Trinajstić information content (AvgIpc) is 2.84. The van der Waals surface area contributed by atoms with Crippen LogP contribution in [0.1, 0.15) is 58.3 Å². The van der Waals surface area contributed by atoms with E-state index in [2.05, 4.69) is 12.2 Å². The average molecular weight is 263 g/mol. The molecule has 2 heteroatoms. The topological polar surface area (TPSA) is 21.3 Å². The number of ether oxygens (including phenoxy) is 1. The van der Waals surface area contributed by atoms with Crippen LogP contribution in [0.25, 0.3) is 0 Å². The van der Waals surface area contributed by atoms with E-state index in [0.717, 1.165) is 30.4 Å². The Morgan fingerprint density at radius 1 is 1.16 bits per heavy atom. The third-order valence-electron chi connectivity index (χ3n) is 6.70. The van der Waals surface area contributed by atoms with Crippen molar-refractivity contribution in [1.29, 1.82) is 0 Å². The summed E-state index contributed by atoms with van der Waals surface area (Å²) >= 11 is 0. The predicted molar refractivity (Wildman–Crippen MR) is 77.0 cm³/mol. The van der Waals surface area contributed by atoms with Gasteiger partial charge in [0.15, 0.2) is 0 Å². The fraction of sp³-hybridized carbons (Fsp3) is 1.00. The van der Waals surface area contributed by atoms with Crippen LogP contribution in [0, 0.1) is 23.2 Å². The van der Waals surface area contributed by atoms with Crippen LogP contribution < -0.4 is 5.32 Å². The normalized spacial score (nSPS) is 49.1. The van der Waals surface area contributed by atoms with E-state index in [1.165, 1.54) is 51.5 Å². The Morgan fingerprint density at radius 2 is 2.05 bits per heavy atom. The molecule has 4 fully saturated rings. The van der Waals surface area contributed by atoms with Crippen molar-refractivity contribution in [2.45, 2.75) is 70.4 Å². The minimum atomic E-state index is 0.456. The quantitative estimate of drug-likeness (QED) is 0.821. The van der Waals surface area contributed by atoms with Crippen molar-refractivity contribution in [3.8, 4) is 0 Å². The van der Waals surface area contributed by atoms with E-state index in [1.807, 2.05) is 0 Å². The molecule has 0 aromatic heterocycles. The van der Waals surface area contributed by atoms with E-state index in [-0.39, 0.29) is 0 Å². The van der Waals surface area contributed by atoms with Crippen LogP contribution >= 0.6 is 0 Å². The summed E-state index contributed by atoms with van der Waals surface area (Å²) in [6.07, 6.45) is 12.1. The first kappa shape index (κ1) is 12.6. The van der Waals surface area contributed by atoms with Gasteiger partial charge in [-0.1, -0.05) is 6.42 Å². The largest absolute Gasteiger partial charge is 0.378 e. The number of fused-ring (bicyclic) bond motifs is 2. The van der Waals surface area contributed by atoms with Gasteiger partial charge in [0.1, 0.15) is 0 Å². The van der Waals surface area contributed by atoms with Gasteiger partial charge in [0.05, 0.1) is 6.10 Å². The zero-order chi connectivity index (χ0) is 12.9. The van der Waals surface area contributed by atoms with Crippen molar-refractivity contribution in [3.63, 3.8) is 0 Å². The molecule has 1 N–H and O–H groups in total. The van der Waals surface area contributed by atoms with Gasteiger partial charge in [-0.15, -0.1) is 0 Å². The molecule has 19 heavy (non-hydrogen) atoms. The molecule has 5 atom stereocenters. The lowest BCUT2D eigenvalue weighted by Gasteiger charge is -2.37. The monoisotopic (exact) mass is 263 g/mol. The molecule has 0 aromatic rings. The van der Waals surface area contributed by atoms with Gasteiger partial charge in [-0.05, 0) is 69.6 Å². The molecular formula is C17H29NO. The highest BCUT2D eigenvalue weighted by Gasteiger charge is 2.48. The zero-order valence-corrected chi connectivity index (χ0v) is 12.4. The molecule has 3 aliphatic carbocycles. The van der Waals surface area contributed by atoms with E-state index >= 15 is 0 Å². The maximum Gasteiger partial charge on any atom is 0.0616 e. The lowest BCUT2D eigenvalue weighted by molar-refractivity contribution is 0.0426. The van der Waals surface area contributed by atoms with Gasteiger partial charge in [0.25, 0.3) is 0 Å². The Bertz CT molecular complexity index is 340. The maximum atomic E-state index is 5.97. The minimum Gasteiger partial charge on any atom is -0.378 e. The van der Waals surface area contributed by atoms with Crippen LogP contribution in [0.3, 0.4) is 0 Å². The van der Waals surface area contributed by atoms with Crippen molar-refractivity contribution < 1.29 is 4.74 Å². The fourth-order valence-electron chi connectivity index (χ4n) is 5.18. The summed E-state index contributed by atoms with van der Waals surface area (Å²) in [6.45, 7) is 4.54. The molecule has 1 saturated heterocycles. The van der Waals surface area contributed by atoms with Crippen LogP contribution in [-0.2, 0) is 4.74 Å². The molecule has 0 aromatic carbocycles. The van der Waals surface area contributed by atoms with E-state index in [9.17, 15) is 0 Å². The Labute approximate surface area is 117 Å². The number of rotatable bonds is 5. The SMILES string of the molecule is CC1OCCC1(CNC1CC1)CC1CC2CCC1C2. The molecule has 0 radical (unpaired) electrons. The lowest BCUT2D eigenvalue weighted by Crippen LogP contribution is -2.42. The molecule has 2 nitrogen and oxygen atoms in total. The standard InChI is InChI=1S/C17H29NO/c1-12-17(6-7-19-12,11-18-16-4-5-16)10-15-9-13-2-3-14(15)8-13/h12-16,18H,2-11H2,1H3. The Kier molecular flexibility index (Phi) is 3.15. The third kappa shape index (κ3) is 2.35. The second-order valence-corrected chi connectivity index (χ2v) is 7.92. The molecule has 4 rings (SSSR count).